The summed E-state index contributed by atoms with van der Waals surface area (Å²) in [6.45, 7) is 3.75. The van der Waals surface area contributed by atoms with Gasteiger partial charge in [-0.1, -0.05) is 11.6 Å². The number of carbonyl (C=O) groups excluding carboxylic acids is 2. The van der Waals surface area contributed by atoms with E-state index in [4.69, 9.17) is 0 Å². The van der Waals surface area contributed by atoms with E-state index in [9.17, 15) is 9.59 Å². The Morgan fingerprint density at radius 3 is 2.57 bits per heavy atom. The lowest BCUT2D eigenvalue weighted by Gasteiger charge is -2.22. The van der Waals surface area contributed by atoms with Crippen molar-refractivity contribution in [2.75, 3.05) is 40.3 Å². The third kappa shape index (κ3) is 7.85. The van der Waals surface area contributed by atoms with Crippen LogP contribution in [0.5, 0.6) is 0 Å². The lowest BCUT2D eigenvalue weighted by atomic mass is 9.97. The highest BCUT2D eigenvalue weighted by molar-refractivity contribution is 5.83. The summed E-state index contributed by atoms with van der Waals surface area (Å²) in [7, 11) is 3.93. The van der Waals surface area contributed by atoms with Gasteiger partial charge in [-0.3, -0.25) is 9.59 Å². The second kappa shape index (κ2) is 9.55. The molecule has 1 N–H and O–H groups in total. The zero-order valence-corrected chi connectivity index (χ0v) is 13.7. The number of allylic oxidation sites excluding steroid dienone is 1. The van der Waals surface area contributed by atoms with Gasteiger partial charge in [-0.2, -0.15) is 0 Å². The number of hydrogen-bond acceptors (Lipinski definition) is 3. The molecule has 0 aliphatic heterocycles. The normalized spacial score (nSPS) is 14.8. The Morgan fingerprint density at radius 2 is 2.00 bits per heavy atom. The average Bonchev–Trinajstić information content (AvgIpc) is 2.43. The molecule has 0 bridgehead atoms. The molecule has 5 nitrogen and oxygen atoms in total. The zero-order chi connectivity index (χ0) is 15.7. The molecule has 0 unspecified atom stereocenters. The molecule has 0 saturated heterocycles. The van der Waals surface area contributed by atoms with Crippen molar-refractivity contribution in [1.82, 2.24) is 15.1 Å². The van der Waals surface area contributed by atoms with Gasteiger partial charge in [0.25, 0.3) is 0 Å². The molecular weight excluding hydrogens is 266 g/mol. The summed E-state index contributed by atoms with van der Waals surface area (Å²) in [4.78, 5) is 27.2. The average molecular weight is 295 g/mol. The van der Waals surface area contributed by atoms with E-state index >= 15 is 0 Å². The van der Waals surface area contributed by atoms with Gasteiger partial charge in [-0.25, -0.2) is 0 Å². The van der Waals surface area contributed by atoms with E-state index in [1.807, 2.05) is 19.0 Å². The lowest BCUT2D eigenvalue weighted by Crippen LogP contribution is -2.42. The van der Waals surface area contributed by atoms with Crippen molar-refractivity contribution >= 4 is 11.8 Å². The highest BCUT2D eigenvalue weighted by atomic mass is 16.2. The van der Waals surface area contributed by atoms with Crippen LogP contribution in [-0.2, 0) is 9.59 Å². The molecule has 1 rings (SSSR count). The van der Waals surface area contributed by atoms with Crippen molar-refractivity contribution in [1.29, 1.82) is 0 Å². The summed E-state index contributed by atoms with van der Waals surface area (Å²) in [5.41, 5.74) is 1.43. The molecule has 21 heavy (non-hydrogen) atoms. The molecule has 0 aromatic carbocycles. The fourth-order valence-electron chi connectivity index (χ4n) is 2.41. The number of hydrogen-bond donors (Lipinski definition) is 1. The molecule has 0 aromatic rings. The molecule has 2 amide bonds. The van der Waals surface area contributed by atoms with Gasteiger partial charge in [-0.15, -0.1) is 0 Å². The van der Waals surface area contributed by atoms with Gasteiger partial charge in [0.05, 0.1) is 6.54 Å². The summed E-state index contributed by atoms with van der Waals surface area (Å²) in [5.74, 6) is -0.112. The number of rotatable bonds is 8. The van der Waals surface area contributed by atoms with Crippen LogP contribution in [0.4, 0.5) is 0 Å². The first kappa shape index (κ1) is 17.7. The van der Waals surface area contributed by atoms with E-state index in [0.29, 0.717) is 13.1 Å². The molecule has 120 valence electrons. The number of likely N-dealkylation sites (N-methyl/N-ethyl adjacent to an activating group) is 1. The standard InChI is InChI=1S/C16H29N3O2/c1-14(20)19(11-9-15-7-5-4-6-8-15)13-16(21)17-10-12-18(2)3/h7H,4-6,8-13H2,1-3H3,(H,17,21). The predicted molar refractivity (Wildman–Crippen MR) is 85.0 cm³/mol. The van der Waals surface area contributed by atoms with Crippen LogP contribution in [0.2, 0.25) is 0 Å². The number of nitrogens with one attached hydrogen (secondary N) is 1. The Bertz CT molecular complexity index is 378. The third-order valence-electron chi connectivity index (χ3n) is 3.75. The lowest BCUT2D eigenvalue weighted by molar-refractivity contribution is -0.134. The highest BCUT2D eigenvalue weighted by Gasteiger charge is 2.14. The monoisotopic (exact) mass is 295 g/mol. The highest BCUT2D eigenvalue weighted by Crippen LogP contribution is 2.20. The van der Waals surface area contributed by atoms with Crippen LogP contribution in [0.3, 0.4) is 0 Å². The van der Waals surface area contributed by atoms with E-state index in [2.05, 4.69) is 11.4 Å². The molecule has 1 aliphatic carbocycles. The molecule has 0 spiro atoms. The minimum atomic E-state index is -0.0790. The zero-order valence-electron chi connectivity index (χ0n) is 13.7. The molecule has 1 aliphatic rings. The smallest absolute Gasteiger partial charge is 0.239 e. The Hall–Kier alpha value is -1.36. The third-order valence-corrected chi connectivity index (χ3v) is 3.75. The summed E-state index contributed by atoms with van der Waals surface area (Å²) < 4.78 is 0. The maximum Gasteiger partial charge on any atom is 0.239 e. The SMILES string of the molecule is CC(=O)N(CCC1=CCCCC1)CC(=O)NCCN(C)C. The van der Waals surface area contributed by atoms with Gasteiger partial charge in [0, 0.05) is 26.6 Å². The van der Waals surface area contributed by atoms with Gasteiger partial charge in [0.2, 0.25) is 11.8 Å². The van der Waals surface area contributed by atoms with Crippen LogP contribution in [0.25, 0.3) is 0 Å². The fourth-order valence-corrected chi connectivity index (χ4v) is 2.41. The molecule has 0 heterocycles. The summed E-state index contributed by atoms with van der Waals surface area (Å²) >= 11 is 0. The Balaban J connectivity index is 2.33. The topological polar surface area (TPSA) is 52.7 Å². The Kier molecular flexibility index (Phi) is 8.05. The molecule has 0 saturated carbocycles. The first-order chi connectivity index (χ1) is 9.99. The van der Waals surface area contributed by atoms with Gasteiger partial charge in [-0.05, 0) is 46.2 Å². The Labute approximate surface area is 128 Å². The molecule has 0 aromatic heterocycles. The molecule has 0 atom stereocenters. The van der Waals surface area contributed by atoms with Crippen LogP contribution < -0.4 is 5.32 Å². The largest absolute Gasteiger partial charge is 0.353 e. The van der Waals surface area contributed by atoms with Crippen molar-refractivity contribution in [3.8, 4) is 0 Å². The van der Waals surface area contributed by atoms with Crippen LogP contribution in [0.15, 0.2) is 11.6 Å². The fraction of sp³-hybridized carbons (Fsp3) is 0.750. The van der Waals surface area contributed by atoms with Crippen LogP contribution >= 0.6 is 0 Å². The van der Waals surface area contributed by atoms with Crippen LogP contribution in [-0.4, -0.2) is 61.9 Å². The Morgan fingerprint density at radius 1 is 1.24 bits per heavy atom. The minimum Gasteiger partial charge on any atom is -0.353 e. The van der Waals surface area contributed by atoms with Crippen molar-refractivity contribution in [2.45, 2.75) is 39.0 Å². The van der Waals surface area contributed by atoms with Gasteiger partial charge in [0.15, 0.2) is 0 Å². The number of amides is 2. The second-order valence-electron chi connectivity index (χ2n) is 5.95. The molecule has 0 fully saturated rings. The van der Waals surface area contributed by atoms with Gasteiger partial charge < -0.3 is 15.1 Å². The van der Waals surface area contributed by atoms with Crippen molar-refractivity contribution < 1.29 is 9.59 Å². The molecule has 0 radical (unpaired) electrons. The van der Waals surface area contributed by atoms with Crippen LogP contribution in [0, 0.1) is 0 Å². The maximum atomic E-state index is 11.9. The predicted octanol–water partition coefficient (Wildman–Crippen LogP) is 1.40. The maximum absolute atomic E-state index is 11.9. The molecule has 5 heteroatoms. The minimum absolute atomic E-state index is 0.0332. The van der Waals surface area contributed by atoms with E-state index in [1.54, 1.807) is 4.90 Å². The summed E-state index contributed by atoms with van der Waals surface area (Å²) in [5, 5.41) is 2.85. The van der Waals surface area contributed by atoms with E-state index < -0.39 is 0 Å². The first-order valence-corrected chi connectivity index (χ1v) is 7.84. The second-order valence-corrected chi connectivity index (χ2v) is 5.95. The summed E-state index contributed by atoms with van der Waals surface area (Å²) in [6.07, 6.45) is 8.00. The first-order valence-electron chi connectivity index (χ1n) is 7.84. The summed E-state index contributed by atoms with van der Waals surface area (Å²) in [6, 6.07) is 0. The van der Waals surface area contributed by atoms with E-state index in [0.717, 1.165) is 25.8 Å². The number of nitrogens with zero attached hydrogens (tertiary/aromatic N) is 2. The van der Waals surface area contributed by atoms with Crippen molar-refractivity contribution in [3.05, 3.63) is 11.6 Å². The molecular formula is C16H29N3O2. The van der Waals surface area contributed by atoms with Crippen LogP contribution in [0.1, 0.15) is 39.0 Å². The van der Waals surface area contributed by atoms with Gasteiger partial charge >= 0.3 is 0 Å². The van der Waals surface area contributed by atoms with Crippen molar-refractivity contribution in [2.24, 2.45) is 0 Å². The van der Waals surface area contributed by atoms with E-state index in [-0.39, 0.29) is 18.4 Å². The quantitative estimate of drug-likeness (QED) is 0.689. The van der Waals surface area contributed by atoms with E-state index in [1.165, 1.54) is 25.3 Å². The van der Waals surface area contributed by atoms with Gasteiger partial charge in [0.1, 0.15) is 0 Å². The number of carbonyl (C=O) groups is 2. The van der Waals surface area contributed by atoms with Crippen molar-refractivity contribution in [3.63, 3.8) is 0 Å².